The minimum absolute atomic E-state index is 0.640. The van der Waals surface area contributed by atoms with Gasteiger partial charge in [0, 0.05) is 11.1 Å². The van der Waals surface area contributed by atoms with E-state index in [0.29, 0.717) is 12.2 Å². The molecule has 0 saturated heterocycles. The summed E-state index contributed by atoms with van der Waals surface area (Å²) in [4.78, 5) is 4.87. The van der Waals surface area contributed by atoms with Crippen LogP contribution in [0.15, 0.2) is 102 Å². The molecule has 0 aliphatic heterocycles. The fourth-order valence-electron chi connectivity index (χ4n) is 3.42. The van der Waals surface area contributed by atoms with Gasteiger partial charge < -0.3 is 4.74 Å². The maximum absolute atomic E-state index is 9.97. The zero-order valence-corrected chi connectivity index (χ0v) is 18.6. The molecule has 0 saturated carbocycles. The Morgan fingerprint density at radius 2 is 1.41 bits per heavy atom. The largest absolute Gasteiger partial charge is 0.494 e. The van der Waals surface area contributed by atoms with Crippen LogP contribution in [0.4, 0.5) is 0 Å². The molecule has 4 aromatic rings. The first-order valence-corrected chi connectivity index (χ1v) is 11.7. The highest BCUT2D eigenvalue weighted by Crippen LogP contribution is 2.34. The smallest absolute Gasteiger partial charge is 0.119 e. The summed E-state index contributed by atoms with van der Waals surface area (Å²) in [6, 6.07) is 34.5. The summed E-state index contributed by atoms with van der Waals surface area (Å²) in [6.07, 6.45) is 1.94. The predicted octanol–water partition coefficient (Wildman–Crippen LogP) is 7.24. The van der Waals surface area contributed by atoms with Crippen molar-refractivity contribution in [2.45, 2.75) is 17.9 Å². The van der Waals surface area contributed by atoms with Gasteiger partial charge in [-0.15, -0.1) is 11.8 Å². The molecule has 3 nitrogen and oxygen atoms in total. The van der Waals surface area contributed by atoms with Gasteiger partial charge in [0.15, 0.2) is 0 Å². The van der Waals surface area contributed by atoms with Crippen molar-refractivity contribution in [2.24, 2.45) is 0 Å². The molecule has 4 heteroatoms. The van der Waals surface area contributed by atoms with Crippen LogP contribution >= 0.6 is 11.8 Å². The highest BCUT2D eigenvalue weighted by Gasteiger charge is 2.15. The quantitative estimate of drug-likeness (QED) is 0.205. The number of unbranched alkanes of at least 4 members (excludes halogenated alkanes) is 1. The minimum atomic E-state index is 0.640. The third kappa shape index (κ3) is 5.57. The van der Waals surface area contributed by atoms with Gasteiger partial charge in [-0.1, -0.05) is 78.9 Å². The number of para-hydroxylation sites is 1. The molecule has 0 fully saturated rings. The van der Waals surface area contributed by atoms with Crippen molar-refractivity contribution in [3.8, 4) is 34.2 Å². The van der Waals surface area contributed by atoms with E-state index >= 15 is 0 Å². The van der Waals surface area contributed by atoms with E-state index in [1.807, 2.05) is 84.9 Å². The lowest BCUT2D eigenvalue weighted by atomic mass is 9.99. The van der Waals surface area contributed by atoms with Crippen LogP contribution in [0.2, 0.25) is 0 Å². The minimum Gasteiger partial charge on any atom is -0.494 e. The van der Waals surface area contributed by atoms with Crippen molar-refractivity contribution in [1.29, 1.82) is 5.26 Å². The first-order chi connectivity index (χ1) is 15.8. The molecule has 0 unspecified atom stereocenters. The van der Waals surface area contributed by atoms with Crippen molar-refractivity contribution < 1.29 is 4.74 Å². The summed E-state index contributed by atoms with van der Waals surface area (Å²) in [5.74, 6) is 1.78. The Bertz CT molecular complexity index is 1170. The first-order valence-electron chi connectivity index (χ1n) is 10.7. The summed E-state index contributed by atoms with van der Waals surface area (Å²) < 4.78 is 5.78. The topological polar surface area (TPSA) is 45.9 Å². The van der Waals surface area contributed by atoms with Crippen LogP contribution in [0.5, 0.6) is 5.75 Å². The van der Waals surface area contributed by atoms with E-state index in [4.69, 9.17) is 9.72 Å². The molecule has 0 radical (unpaired) electrons. The molecule has 1 aromatic heterocycles. The Balaban J connectivity index is 1.50. The predicted molar refractivity (Wildman–Crippen MR) is 132 cm³/mol. The molecule has 3 aromatic carbocycles. The monoisotopic (exact) mass is 436 g/mol. The van der Waals surface area contributed by atoms with Crippen LogP contribution in [-0.2, 0) is 0 Å². The number of pyridine rings is 1. The molecule has 1 heterocycles. The SMILES string of the molecule is N#Cc1c(-c2ccccc2)cc(-c2ccccc2)nc1SCCCCOc1ccccc1. The molecule has 0 amide bonds. The zero-order chi connectivity index (χ0) is 22.0. The van der Waals surface area contributed by atoms with Gasteiger partial charge in [0.25, 0.3) is 0 Å². The van der Waals surface area contributed by atoms with E-state index in [2.05, 4.69) is 18.2 Å². The molecule has 0 spiro atoms. The third-order valence-electron chi connectivity index (χ3n) is 5.04. The van der Waals surface area contributed by atoms with Gasteiger partial charge in [0.1, 0.15) is 16.8 Å². The molecular formula is C28H24N2OS. The summed E-state index contributed by atoms with van der Waals surface area (Å²) in [6.45, 7) is 0.683. The van der Waals surface area contributed by atoms with Crippen molar-refractivity contribution in [1.82, 2.24) is 4.98 Å². The lowest BCUT2D eigenvalue weighted by Crippen LogP contribution is -1.99. The van der Waals surface area contributed by atoms with Crippen molar-refractivity contribution >= 4 is 11.8 Å². The molecular weight excluding hydrogens is 412 g/mol. The Morgan fingerprint density at radius 3 is 2.06 bits per heavy atom. The number of benzene rings is 3. The second-order valence-corrected chi connectivity index (χ2v) is 8.38. The van der Waals surface area contributed by atoms with Gasteiger partial charge >= 0.3 is 0 Å². The van der Waals surface area contributed by atoms with Gasteiger partial charge in [0.05, 0.1) is 17.9 Å². The molecule has 158 valence electrons. The number of nitrogens with zero attached hydrogens (tertiary/aromatic N) is 2. The number of hydrogen-bond acceptors (Lipinski definition) is 4. The number of rotatable bonds is 9. The second-order valence-electron chi connectivity index (χ2n) is 7.30. The Hall–Kier alpha value is -3.55. The van der Waals surface area contributed by atoms with Gasteiger partial charge in [-0.3, -0.25) is 0 Å². The number of thioether (sulfide) groups is 1. The van der Waals surface area contributed by atoms with E-state index in [-0.39, 0.29) is 0 Å². The molecule has 32 heavy (non-hydrogen) atoms. The van der Waals surface area contributed by atoms with Crippen LogP contribution in [0.3, 0.4) is 0 Å². The van der Waals surface area contributed by atoms with E-state index in [0.717, 1.165) is 51.8 Å². The number of nitriles is 1. The first kappa shape index (κ1) is 21.7. The van der Waals surface area contributed by atoms with E-state index in [1.165, 1.54) is 0 Å². The highest BCUT2D eigenvalue weighted by molar-refractivity contribution is 7.99. The molecule has 0 N–H and O–H groups in total. The number of hydrogen-bond donors (Lipinski definition) is 0. The highest BCUT2D eigenvalue weighted by atomic mass is 32.2. The summed E-state index contributed by atoms with van der Waals surface area (Å²) in [5.41, 5.74) is 4.53. The summed E-state index contributed by atoms with van der Waals surface area (Å²) in [5, 5.41) is 10.8. The normalized spacial score (nSPS) is 10.5. The van der Waals surface area contributed by atoms with Crippen LogP contribution in [0.25, 0.3) is 22.4 Å². The average molecular weight is 437 g/mol. The van der Waals surface area contributed by atoms with Gasteiger partial charge in [-0.25, -0.2) is 4.98 Å². The van der Waals surface area contributed by atoms with Crippen molar-refractivity contribution in [3.05, 3.63) is 103 Å². The van der Waals surface area contributed by atoms with E-state index in [9.17, 15) is 5.26 Å². The molecule has 4 rings (SSSR count). The third-order valence-corrected chi connectivity index (χ3v) is 6.10. The van der Waals surface area contributed by atoms with E-state index in [1.54, 1.807) is 11.8 Å². The zero-order valence-electron chi connectivity index (χ0n) is 17.8. The lowest BCUT2D eigenvalue weighted by Gasteiger charge is -2.13. The van der Waals surface area contributed by atoms with Crippen molar-refractivity contribution in [3.63, 3.8) is 0 Å². The van der Waals surface area contributed by atoms with Crippen LogP contribution in [0.1, 0.15) is 18.4 Å². The fraction of sp³-hybridized carbons (Fsp3) is 0.143. The van der Waals surface area contributed by atoms with Crippen LogP contribution in [0, 0.1) is 11.3 Å². The average Bonchev–Trinajstić information content (AvgIpc) is 2.87. The van der Waals surface area contributed by atoms with Gasteiger partial charge in [-0.2, -0.15) is 5.26 Å². The summed E-state index contributed by atoms with van der Waals surface area (Å²) in [7, 11) is 0. The van der Waals surface area contributed by atoms with Crippen LogP contribution < -0.4 is 4.74 Å². The maximum Gasteiger partial charge on any atom is 0.119 e. The molecule has 0 aliphatic rings. The Kier molecular flexibility index (Phi) is 7.57. The second kappa shape index (κ2) is 11.2. The lowest BCUT2D eigenvalue weighted by molar-refractivity contribution is 0.310. The summed E-state index contributed by atoms with van der Waals surface area (Å²) >= 11 is 1.65. The molecule has 0 aliphatic carbocycles. The van der Waals surface area contributed by atoms with Crippen LogP contribution in [-0.4, -0.2) is 17.3 Å². The number of ether oxygens (including phenoxy) is 1. The molecule has 0 bridgehead atoms. The Labute approximate surface area is 193 Å². The fourth-order valence-corrected chi connectivity index (χ4v) is 4.42. The standard InChI is InChI=1S/C28H24N2OS/c29-21-26-25(22-12-4-1-5-13-22)20-27(23-14-6-2-7-15-23)30-28(26)32-19-11-10-18-31-24-16-8-3-9-17-24/h1-9,12-17,20H,10-11,18-19H2. The molecule has 0 atom stereocenters. The number of aromatic nitrogens is 1. The van der Waals surface area contributed by atoms with E-state index < -0.39 is 0 Å². The maximum atomic E-state index is 9.97. The Morgan fingerprint density at radius 1 is 0.781 bits per heavy atom. The van der Waals surface area contributed by atoms with Gasteiger partial charge in [-0.05, 0) is 42.4 Å². The van der Waals surface area contributed by atoms with Crippen molar-refractivity contribution in [2.75, 3.05) is 12.4 Å². The van der Waals surface area contributed by atoms with Gasteiger partial charge in [0.2, 0.25) is 0 Å².